The molecule has 5 nitrogen and oxygen atoms in total. The van der Waals surface area contributed by atoms with Crippen LogP contribution in [-0.4, -0.2) is 16.7 Å². The third-order valence-electron chi connectivity index (χ3n) is 4.22. The maximum absolute atomic E-state index is 14.2. The van der Waals surface area contributed by atoms with Gasteiger partial charge in [0.2, 0.25) is 5.96 Å². The molecule has 124 valence electrons. The highest BCUT2D eigenvalue weighted by atomic mass is 19.1. The number of aromatic nitrogens is 1. The lowest BCUT2D eigenvalue weighted by molar-refractivity contribution is 0.571. The van der Waals surface area contributed by atoms with Gasteiger partial charge in [-0.2, -0.15) is 5.10 Å². The zero-order valence-corrected chi connectivity index (χ0v) is 13.8. The van der Waals surface area contributed by atoms with Crippen LogP contribution in [0.25, 0.3) is 0 Å². The van der Waals surface area contributed by atoms with Gasteiger partial charge in [-0.05, 0) is 55.9 Å². The summed E-state index contributed by atoms with van der Waals surface area (Å²) in [5.74, 6) is -0.355. The van der Waals surface area contributed by atoms with Gasteiger partial charge in [-0.15, -0.1) is 5.10 Å². The highest BCUT2D eigenvalue weighted by Gasteiger charge is 2.29. The van der Waals surface area contributed by atoms with Crippen molar-refractivity contribution in [2.24, 2.45) is 21.7 Å². The summed E-state index contributed by atoms with van der Waals surface area (Å²) in [6.07, 6.45) is 1.23. The van der Waals surface area contributed by atoms with Crippen LogP contribution in [0.1, 0.15) is 40.4 Å². The molecule has 1 atom stereocenters. The van der Waals surface area contributed by atoms with Crippen LogP contribution in [0.15, 0.2) is 40.5 Å². The Morgan fingerprint density at radius 3 is 2.67 bits per heavy atom. The fourth-order valence-electron chi connectivity index (χ4n) is 3.33. The minimum Gasteiger partial charge on any atom is -0.369 e. The third-order valence-corrected chi connectivity index (χ3v) is 4.22. The molecule has 0 saturated carbocycles. The largest absolute Gasteiger partial charge is 0.369 e. The van der Waals surface area contributed by atoms with Gasteiger partial charge >= 0.3 is 0 Å². The Labute approximate surface area is 140 Å². The van der Waals surface area contributed by atoms with Crippen LogP contribution < -0.4 is 11.5 Å². The monoisotopic (exact) mass is 325 g/mol. The average molecular weight is 325 g/mol. The van der Waals surface area contributed by atoms with E-state index in [9.17, 15) is 4.39 Å². The standard InChI is InChI=1S/C18H20FN5/c1-10-7-11(2)22-15-8-12(13-5-3-4-6-14(13)19)9-16(17(10)15)23-24-18(20)21/h3-7,12H,8-9H2,1-2H3,(H4,20,21,24). The number of fused-ring (bicyclic) bond motifs is 1. The van der Waals surface area contributed by atoms with Crippen molar-refractivity contribution < 1.29 is 4.39 Å². The van der Waals surface area contributed by atoms with E-state index in [1.165, 1.54) is 6.07 Å². The molecule has 0 fully saturated rings. The topological polar surface area (TPSA) is 89.6 Å². The molecule has 1 aromatic heterocycles. The summed E-state index contributed by atoms with van der Waals surface area (Å²) in [7, 11) is 0. The number of hydrogen-bond acceptors (Lipinski definition) is 3. The van der Waals surface area contributed by atoms with Crippen molar-refractivity contribution in [2.75, 3.05) is 0 Å². The van der Waals surface area contributed by atoms with E-state index in [0.29, 0.717) is 18.4 Å². The maximum Gasteiger partial charge on any atom is 0.211 e. The van der Waals surface area contributed by atoms with E-state index in [2.05, 4.69) is 15.2 Å². The SMILES string of the molecule is Cc1cc(C)c2c(n1)CC(c1ccccc1F)CC2=NN=C(N)N. The van der Waals surface area contributed by atoms with Crippen LogP contribution in [0, 0.1) is 19.7 Å². The molecule has 0 saturated heterocycles. The highest BCUT2D eigenvalue weighted by Crippen LogP contribution is 2.35. The van der Waals surface area contributed by atoms with Crippen LogP contribution in [0.2, 0.25) is 0 Å². The molecular formula is C18H20FN5. The van der Waals surface area contributed by atoms with E-state index in [1.807, 2.05) is 32.0 Å². The average Bonchev–Trinajstić information content (AvgIpc) is 2.52. The summed E-state index contributed by atoms with van der Waals surface area (Å²) in [5, 5.41) is 8.01. The van der Waals surface area contributed by atoms with Gasteiger partial charge in [0.15, 0.2) is 0 Å². The van der Waals surface area contributed by atoms with Crippen LogP contribution in [0.4, 0.5) is 4.39 Å². The molecule has 0 aliphatic heterocycles. The number of guanidine groups is 1. The first-order valence-corrected chi connectivity index (χ1v) is 7.83. The van der Waals surface area contributed by atoms with Crippen molar-refractivity contribution in [2.45, 2.75) is 32.6 Å². The fourth-order valence-corrected chi connectivity index (χ4v) is 3.33. The first-order valence-electron chi connectivity index (χ1n) is 7.83. The molecule has 1 aliphatic carbocycles. The van der Waals surface area contributed by atoms with Crippen molar-refractivity contribution in [3.63, 3.8) is 0 Å². The second-order valence-corrected chi connectivity index (χ2v) is 6.10. The highest BCUT2D eigenvalue weighted by molar-refractivity contribution is 6.04. The number of rotatable bonds is 2. The number of benzene rings is 1. The Hall–Kier alpha value is -2.76. The number of halogens is 1. The predicted molar refractivity (Wildman–Crippen MR) is 93.5 cm³/mol. The zero-order valence-electron chi connectivity index (χ0n) is 13.8. The van der Waals surface area contributed by atoms with Gasteiger partial charge in [0.05, 0.1) is 11.4 Å². The van der Waals surface area contributed by atoms with Crippen LogP contribution in [0.5, 0.6) is 0 Å². The molecule has 6 heteroatoms. The molecule has 2 aromatic rings. The maximum atomic E-state index is 14.2. The third kappa shape index (κ3) is 3.13. The zero-order chi connectivity index (χ0) is 17.3. The summed E-state index contributed by atoms with van der Waals surface area (Å²) in [4.78, 5) is 4.64. The van der Waals surface area contributed by atoms with Crippen molar-refractivity contribution in [1.29, 1.82) is 0 Å². The van der Waals surface area contributed by atoms with E-state index in [-0.39, 0.29) is 17.7 Å². The van der Waals surface area contributed by atoms with E-state index >= 15 is 0 Å². The van der Waals surface area contributed by atoms with Gasteiger partial charge in [-0.3, -0.25) is 4.98 Å². The molecule has 24 heavy (non-hydrogen) atoms. The number of aryl methyl sites for hydroxylation is 2. The second kappa shape index (κ2) is 6.39. The molecule has 4 N–H and O–H groups in total. The molecule has 0 amide bonds. The Morgan fingerprint density at radius 1 is 1.21 bits per heavy atom. The quantitative estimate of drug-likeness (QED) is 0.505. The number of nitrogens with two attached hydrogens (primary N) is 2. The molecule has 0 radical (unpaired) electrons. The number of nitrogens with zero attached hydrogens (tertiary/aromatic N) is 3. The van der Waals surface area contributed by atoms with Gasteiger partial charge in [-0.1, -0.05) is 18.2 Å². The minimum atomic E-state index is -0.212. The van der Waals surface area contributed by atoms with Crippen molar-refractivity contribution in [3.05, 3.63) is 64.2 Å². The summed E-state index contributed by atoms with van der Waals surface area (Å²) >= 11 is 0. The minimum absolute atomic E-state index is 0.0413. The van der Waals surface area contributed by atoms with Crippen LogP contribution in [-0.2, 0) is 6.42 Å². The summed E-state index contributed by atoms with van der Waals surface area (Å²) in [5.41, 5.74) is 16.1. The van der Waals surface area contributed by atoms with Crippen molar-refractivity contribution in [1.82, 2.24) is 4.98 Å². The van der Waals surface area contributed by atoms with Crippen LogP contribution >= 0.6 is 0 Å². The van der Waals surface area contributed by atoms with E-state index in [1.54, 1.807) is 6.07 Å². The van der Waals surface area contributed by atoms with E-state index < -0.39 is 0 Å². The molecule has 0 bridgehead atoms. The fraction of sp³-hybridized carbons (Fsp3) is 0.278. The lowest BCUT2D eigenvalue weighted by Gasteiger charge is -2.27. The Bertz CT molecular complexity index is 837. The summed E-state index contributed by atoms with van der Waals surface area (Å²) in [6.45, 7) is 3.97. The molecule has 0 spiro atoms. The Balaban J connectivity index is 2.12. The number of hydrogen-bond donors (Lipinski definition) is 2. The Morgan fingerprint density at radius 2 is 1.96 bits per heavy atom. The smallest absolute Gasteiger partial charge is 0.211 e. The molecule has 1 unspecified atom stereocenters. The van der Waals surface area contributed by atoms with Gasteiger partial charge < -0.3 is 11.5 Å². The lowest BCUT2D eigenvalue weighted by Crippen LogP contribution is -2.25. The molecule has 1 heterocycles. The molecule has 3 rings (SSSR count). The van der Waals surface area contributed by atoms with E-state index in [4.69, 9.17) is 11.5 Å². The number of pyridine rings is 1. The van der Waals surface area contributed by atoms with Gasteiger partial charge in [0.25, 0.3) is 0 Å². The summed E-state index contributed by atoms with van der Waals surface area (Å²) < 4.78 is 14.2. The molecular weight excluding hydrogens is 305 g/mol. The second-order valence-electron chi connectivity index (χ2n) is 6.10. The lowest BCUT2D eigenvalue weighted by atomic mass is 9.79. The van der Waals surface area contributed by atoms with Crippen molar-refractivity contribution >= 4 is 11.7 Å². The van der Waals surface area contributed by atoms with Crippen molar-refractivity contribution in [3.8, 4) is 0 Å². The Kier molecular flexibility index (Phi) is 4.29. The normalized spacial score (nSPS) is 18.3. The predicted octanol–water partition coefficient (Wildman–Crippen LogP) is 2.55. The van der Waals surface area contributed by atoms with E-state index in [0.717, 1.165) is 28.2 Å². The van der Waals surface area contributed by atoms with Crippen LogP contribution in [0.3, 0.4) is 0 Å². The first kappa shape index (κ1) is 16.1. The van der Waals surface area contributed by atoms with Gasteiger partial charge in [0, 0.05) is 11.3 Å². The summed E-state index contributed by atoms with van der Waals surface area (Å²) in [6, 6.07) is 8.83. The van der Waals surface area contributed by atoms with Gasteiger partial charge in [0.1, 0.15) is 5.82 Å². The first-order chi connectivity index (χ1) is 11.5. The molecule has 1 aromatic carbocycles. The van der Waals surface area contributed by atoms with Gasteiger partial charge in [-0.25, -0.2) is 4.39 Å². The molecule has 1 aliphatic rings.